The highest BCUT2D eigenvalue weighted by atomic mass is 32.2. The van der Waals surface area contributed by atoms with Crippen molar-refractivity contribution in [1.82, 2.24) is 0 Å². The lowest BCUT2D eigenvalue weighted by Crippen LogP contribution is -2.38. The molecule has 1 aliphatic rings. The SMILES string of the molecule is COC1=C(OC)[C@H]([C@H](COS(=O)(=O)c2ccc(C)cc2)OS(=O)(=O)c2ccc(C)cc2)OC1=O. The molecule has 3 rings (SSSR count). The van der Waals surface area contributed by atoms with Gasteiger partial charge in [-0.05, 0) is 38.1 Å². The maximum absolute atomic E-state index is 12.9. The van der Waals surface area contributed by atoms with Crippen LogP contribution in [0.4, 0.5) is 0 Å². The van der Waals surface area contributed by atoms with E-state index in [4.69, 9.17) is 22.6 Å². The van der Waals surface area contributed by atoms with Crippen LogP contribution in [-0.2, 0) is 47.6 Å². The summed E-state index contributed by atoms with van der Waals surface area (Å²) in [5, 5.41) is 0. The van der Waals surface area contributed by atoms with Crippen LogP contribution < -0.4 is 0 Å². The van der Waals surface area contributed by atoms with Crippen LogP contribution in [0.3, 0.4) is 0 Å². The Labute approximate surface area is 198 Å². The largest absolute Gasteiger partial charge is 0.493 e. The topological polar surface area (TPSA) is 132 Å². The lowest BCUT2D eigenvalue weighted by atomic mass is 10.2. The molecular formula is C22H24O10S2. The molecule has 0 N–H and O–H groups in total. The molecule has 0 aromatic heterocycles. The van der Waals surface area contributed by atoms with Gasteiger partial charge < -0.3 is 14.2 Å². The van der Waals surface area contributed by atoms with E-state index >= 15 is 0 Å². The molecular weight excluding hydrogens is 488 g/mol. The second kappa shape index (κ2) is 10.1. The van der Waals surface area contributed by atoms with E-state index < -0.39 is 45.0 Å². The Balaban J connectivity index is 1.93. The second-order valence-corrected chi connectivity index (χ2v) is 10.6. The molecule has 34 heavy (non-hydrogen) atoms. The molecule has 0 aliphatic carbocycles. The fourth-order valence-electron chi connectivity index (χ4n) is 3.11. The summed E-state index contributed by atoms with van der Waals surface area (Å²) >= 11 is 0. The van der Waals surface area contributed by atoms with Gasteiger partial charge in [-0.1, -0.05) is 35.4 Å². The van der Waals surface area contributed by atoms with E-state index in [9.17, 15) is 21.6 Å². The number of esters is 1. The third-order valence-electron chi connectivity index (χ3n) is 4.92. The zero-order valence-corrected chi connectivity index (χ0v) is 20.5. The van der Waals surface area contributed by atoms with Gasteiger partial charge in [0.1, 0.15) is 6.10 Å². The first-order valence-electron chi connectivity index (χ1n) is 9.97. The maximum atomic E-state index is 12.9. The first kappa shape index (κ1) is 25.7. The number of rotatable bonds is 10. The van der Waals surface area contributed by atoms with E-state index in [1.807, 2.05) is 0 Å². The third kappa shape index (κ3) is 5.58. The molecule has 2 aromatic rings. The van der Waals surface area contributed by atoms with Crippen LogP contribution in [0, 0.1) is 13.8 Å². The van der Waals surface area contributed by atoms with E-state index in [0.717, 1.165) is 11.1 Å². The van der Waals surface area contributed by atoms with Crippen LogP contribution >= 0.6 is 0 Å². The van der Waals surface area contributed by atoms with Gasteiger partial charge >= 0.3 is 5.97 Å². The molecule has 0 spiro atoms. The minimum absolute atomic E-state index is 0.137. The van der Waals surface area contributed by atoms with Crippen molar-refractivity contribution in [3.63, 3.8) is 0 Å². The van der Waals surface area contributed by atoms with Crippen LogP contribution in [0.2, 0.25) is 0 Å². The van der Waals surface area contributed by atoms with E-state index in [1.165, 1.54) is 38.5 Å². The first-order valence-corrected chi connectivity index (χ1v) is 12.8. The molecule has 1 heterocycles. The van der Waals surface area contributed by atoms with Crippen molar-refractivity contribution < 1.29 is 44.2 Å². The molecule has 0 bridgehead atoms. The summed E-state index contributed by atoms with van der Waals surface area (Å²) in [5.74, 6) is -1.38. The minimum Gasteiger partial charge on any atom is -0.493 e. The van der Waals surface area contributed by atoms with Crippen LogP contribution in [0.1, 0.15) is 11.1 Å². The molecule has 2 aromatic carbocycles. The van der Waals surface area contributed by atoms with E-state index in [2.05, 4.69) is 0 Å². The number of ether oxygens (including phenoxy) is 3. The summed E-state index contributed by atoms with van der Waals surface area (Å²) in [7, 11) is -6.27. The van der Waals surface area contributed by atoms with Crippen molar-refractivity contribution >= 4 is 26.2 Å². The van der Waals surface area contributed by atoms with Crippen LogP contribution in [0.15, 0.2) is 69.8 Å². The van der Waals surface area contributed by atoms with Gasteiger partial charge in [0.05, 0.1) is 30.6 Å². The Morgan fingerprint density at radius 2 is 1.32 bits per heavy atom. The molecule has 0 fully saturated rings. The Morgan fingerprint density at radius 1 is 0.824 bits per heavy atom. The number of methoxy groups -OCH3 is 2. The van der Waals surface area contributed by atoms with Gasteiger partial charge in [0.2, 0.25) is 5.76 Å². The number of benzene rings is 2. The van der Waals surface area contributed by atoms with Crippen molar-refractivity contribution in [1.29, 1.82) is 0 Å². The normalized spacial score (nSPS) is 17.4. The van der Waals surface area contributed by atoms with Gasteiger partial charge in [0, 0.05) is 0 Å². The smallest absolute Gasteiger partial charge is 0.378 e. The first-order chi connectivity index (χ1) is 16.0. The maximum Gasteiger partial charge on any atom is 0.378 e. The molecule has 0 radical (unpaired) electrons. The predicted octanol–water partition coefficient (Wildman–Crippen LogP) is 2.21. The predicted molar refractivity (Wildman–Crippen MR) is 118 cm³/mol. The quantitative estimate of drug-likeness (QED) is 0.345. The van der Waals surface area contributed by atoms with Crippen LogP contribution in [-0.4, -0.2) is 55.8 Å². The molecule has 1 aliphatic heterocycles. The number of cyclic esters (lactones) is 1. The van der Waals surface area contributed by atoms with Gasteiger partial charge in [-0.15, -0.1) is 0 Å². The number of carbonyl (C=O) groups excluding carboxylic acids is 1. The van der Waals surface area contributed by atoms with Crippen LogP contribution in [0.25, 0.3) is 0 Å². The zero-order valence-electron chi connectivity index (χ0n) is 18.9. The number of hydrogen-bond donors (Lipinski definition) is 0. The van der Waals surface area contributed by atoms with Gasteiger partial charge in [0.15, 0.2) is 11.9 Å². The third-order valence-corrected chi connectivity index (χ3v) is 7.57. The summed E-state index contributed by atoms with van der Waals surface area (Å²) < 4.78 is 76.9. The second-order valence-electron chi connectivity index (χ2n) is 7.38. The summed E-state index contributed by atoms with van der Waals surface area (Å²) in [6, 6.07) is 11.7. The number of carbonyl (C=O) groups is 1. The fourth-order valence-corrected chi connectivity index (χ4v) is 5.09. The van der Waals surface area contributed by atoms with Crippen molar-refractivity contribution in [2.75, 3.05) is 20.8 Å². The highest BCUT2D eigenvalue weighted by molar-refractivity contribution is 7.87. The summed E-state index contributed by atoms with van der Waals surface area (Å²) in [4.78, 5) is 11.9. The Bertz CT molecular complexity index is 1280. The fraction of sp³-hybridized carbons (Fsp3) is 0.318. The number of aryl methyl sites for hydroxylation is 2. The van der Waals surface area contributed by atoms with E-state index in [0.29, 0.717) is 0 Å². The molecule has 10 nitrogen and oxygen atoms in total. The lowest BCUT2D eigenvalue weighted by Gasteiger charge is -2.23. The van der Waals surface area contributed by atoms with Crippen molar-refractivity contribution in [2.45, 2.75) is 35.8 Å². The molecule has 12 heteroatoms. The summed E-state index contributed by atoms with van der Waals surface area (Å²) in [5.41, 5.74) is 1.66. The van der Waals surface area contributed by atoms with Gasteiger partial charge in [0.25, 0.3) is 20.2 Å². The Morgan fingerprint density at radius 3 is 1.79 bits per heavy atom. The standard InChI is InChI=1S/C22H24O10S2/c1-14-5-9-16(10-6-14)33(24,25)30-13-18(19-20(28-3)21(29-4)22(23)31-19)32-34(26,27)17-11-7-15(2)8-12-17/h5-12,18-19H,13H2,1-4H3/t18-,19-/m0/s1. The van der Waals surface area contributed by atoms with Gasteiger partial charge in [-0.3, -0.25) is 8.37 Å². The lowest BCUT2D eigenvalue weighted by molar-refractivity contribution is -0.147. The molecule has 0 saturated carbocycles. The van der Waals surface area contributed by atoms with E-state index in [-0.39, 0.29) is 21.3 Å². The monoisotopic (exact) mass is 512 g/mol. The average molecular weight is 513 g/mol. The minimum atomic E-state index is -4.41. The van der Waals surface area contributed by atoms with Crippen LogP contribution in [0.5, 0.6) is 0 Å². The Kier molecular flexibility index (Phi) is 7.66. The highest BCUT2D eigenvalue weighted by Gasteiger charge is 2.45. The highest BCUT2D eigenvalue weighted by Crippen LogP contribution is 2.30. The molecule has 0 unspecified atom stereocenters. The van der Waals surface area contributed by atoms with Gasteiger partial charge in [-0.2, -0.15) is 16.8 Å². The van der Waals surface area contributed by atoms with Crippen molar-refractivity contribution in [3.8, 4) is 0 Å². The molecule has 0 saturated heterocycles. The summed E-state index contributed by atoms with van der Waals surface area (Å²) in [6.45, 7) is 2.77. The molecule has 0 amide bonds. The van der Waals surface area contributed by atoms with Crippen molar-refractivity contribution in [2.24, 2.45) is 0 Å². The van der Waals surface area contributed by atoms with Crippen molar-refractivity contribution in [3.05, 3.63) is 71.2 Å². The Hall–Kier alpha value is -2.93. The zero-order chi connectivity index (χ0) is 25.1. The molecule has 2 atom stereocenters. The van der Waals surface area contributed by atoms with E-state index in [1.54, 1.807) is 38.1 Å². The molecule has 184 valence electrons. The van der Waals surface area contributed by atoms with Gasteiger partial charge in [-0.25, -0.2) is 4.79 Å². The summed E-state index contributed by atoms with van der Waals surface area (Å²) in [6.07, 6.45) is -3.06. The number of hydrogen-bond acceptors (Lipinski definition) is 10. The average Bonchev–Trinajstić information content (AvgIpc) is 3.12.